The van der Waals surface area contributed by atoms with Crippen LogP contribution in [0.3, 0.4) is 0 Å². The van der Waals surface area contributed by atoms with Crippen molar-refractivity contribution < 1.29 is 28.6 Å². The third kappa shape index (κ3) is 63.9. The van der Waals surface area contributed by atoms with Gasteiger partial charge in [0.05, 0.1) is 0 Å². The molecule has 0 aromatic heterocycles. The Kier molecular flexibility index (Phi) is 62.4. The molecule has 0 fully saturated rings. The first kappa shape index (κ1) is 75.0. The number of allylic oxidation sites excluding steroid dienone is 26. The lowest BCUT2D eigenvalue weighted by molar-refractivity contribution is -0.167. The summed E-state index contributed by atoms with van der Waals surface area (Å²) in [5, 5.41) is 0. The van der Waals surface area contributed by atoms with Crippen LogP contribution in [0.15, 0.2) is 158 Å². The molecule has 80 heavy (non-hydrogen) atoms. The van der Waals surface area contributed by atoms with E-state index in [9.17, 15) is 14.4 Å². The molecule has 0 saturated heterocycles. The smallest absolute Gasteiger partial charge is 0.306 e. The van der Waals surface area contributed by atoms with Crippen LogP contribution >= 0.6 is 0 Å². The zero-order chi connectivity index (χ0) is 57.8. The highest BCUT2D eigenvalue weighted by atomic mass is 16.6. The van der Waals surface area contributed by atoms with Crippen molar-refractivity contribution in [1.29, 1.82) is 0 Å². The maximum atomic E-state index is 12.9. The monoisotopic (exact) mass is 1100 g/mol. The van der Waals surface area contributed by atoms with Gasteiger partial charge in [0.25, 0.3) is 0 Å². The molecule has 450 valence electrons. The molecular formula is C74H118O6. The Balaban J connectivity index is 4.30. The maximum absolute atomic E-state index is 12.9. The molecule has 0 aliphatic heterocycles. The lowest BCUT2D eigenvalue weighted by Crippen LogP contribution is -2.30. The molecule has 0 rings (SSSR count). The molecule has 0 bridgehead atoms. The van der Waals surface area contributed by atoms with Crippen molar-refractivity contribution in [2.24, 2.45) is 0 Å². The van der Waals surface area contributed by atoms with E-state index in [2.05, 4.69) is 179 Å². The largest absolute Gasteiger partial charge is 0.462 e. The summed E-state index contributed by atoms with van der Waals surface area (Å²) < 4.78 is 16.8. The molecule has 0 aliphatic carbocycles. The van der Waals surface area contributed by atoms with Crippen LogP contribution in [0.4, 0.5) is 0 Å². The minimum Gasteiger partial charge on any atom is -0.462 e. The zero-order valence-electron chi connectivity index (χ0n) is 51.5. The molecule has 0 saturated carbocycles. The molecule has 0 spiro atoms. The third-order valence-electron chi connectivity index (χ3n) is 13.2. The van der Waals surface area contributed by atoms with Crippen molar-refractivity contribution in [1.82, 2.24) is 0 Å². The second kappa shape index (κ2) is 66.5. The second-order valence-corrected chi connectivity index (χ2v) is 20.9. The first-order chi connectivity index (χ1) is 39.5. The van der Waals surface area contributed by atoms with E-state index >= 15 is 0 Å². The van der Waals surface area contributed by atoms with Crippen molar-refractivity contribution >= 4 is 17.9 Å². The van der Waals surface area contributed by atoms with E-state index in [0.717, 1.165) is 167 Å². The number of esters is 3. The van der Waals surface area contributed by atoms with Gasteiger partial charge >= 0.3 is 17.9 Å². The van der Waals surface area contributed by atoms with Gasteiger partial charge in [-0.3, -0.25) is 14.4 Å². The molecule has 0 aliphatic rings. The van der Waals surface area contributed by atoms with Gasteiger partial charge < -0.3 is 14.2 Å². The summed E-state index contributed by atoms with van der Waals surface area (Å²) in [5.41, 5.74) is 0. The Morgan fingerprint density at radius 2 is 0.512 bits per heavy atom. The van der Waals surface area contributed by atoms with Gasteiger partial charge in [-0.2, -0.15) is 0 Å². The summed E-state index contributed by atoms with van der Waals surface area (Å²) >= 11 is 0. The average Bonchev–Trinajstić information content (AvgIpc) is 3.46. The van der Waals surface area contributed by atoms with Crippen LogP contribution in [-0.4, -0.2) is 37.2 Å². The van der Waals surface area contributed by atoms with Crippen molar-refractivity contribution in [2.45, 2.75) is 277 Å². The van der Waals surface area contributed by atoms with Gasteiger partial charge in [0, 0.05) is 19.3 Å². The fourth-order valence-corrected chi connectivity index (χ4v) is 8.38. The predicted octanol–water partition coefficient (Wildman–Crippen LogP) is 22.5. The van der Waals surface area contributed by atoms with Crippen LogP contribution in [0.25, 0.3) is 0 Å². The topological polar surface area (TPSA) is 78.9 Å². The van der Waals surface area contributed by atoms with E-state index in [-0.39, 0.29) is 31.1 Å². The molecule has 6 nitrogen and oxygen atoms in total. The van der Waals surface area contributed by atoms with Gasteiger partial charge in [0.2, 0.25) is 0 Å². The summed E-state index contributed by atoms with van der Waals surface area (Å²) in [6.07, 6.45) is 96.9. The Morgan fingerprint density at radius 3 is 0.825 bits per heavy atom. The predicted molar refractivity (Wildman–Crippen MR) is 348 cm³/mol. The Hall–Kier alpha value is -4.97. The summed E-state index contributed by atoms with van der Waals surface area (Å²) in [6.45, 7) is 6.40. The van der Waals surface area contributed by atoms with Gasteiger partial charge in [-0.05, 0) is 148 Å². The zero-order valence-corrected chi connectivity index (χ0v) is 51.5. The number of hydrogen-bond acceptors (Lipinski definition) is 6. The maximum Gasteiger partial charge on any atom is 0.306 e. The highest BCUT2D eigenvalue weighted by molar-refractivity contribution is 5.71. The van der Waals surface area contributed by atoms with Crippen LogP contribution in [0.2, 0.25) is 0 Å². The molecule has 0 aromatic carbocycles. The molecule has 6 heteroatoms. The van der Waals surface area contributed by atoms with Crippen LogP contribution < -0.4 is 0 Å². The van der Waals surface area contributed by atoms with Crippen molar-refractivity contribution in [3.8, 4) is 0 Å². The third-order valence-corrected chi connectivity index (χ3v) is 13.2. The number of carbonyl (C=O) groups is 3. The van der Waals surface area contributed by atoms with Gasteiger partial charge in [0.15, 0.2) is 6.10 Å². The molecule has 1 atom stereocenters. The minimum atomic E-state index is -0.803. The lowest BCUT2D eigenvalue weighted by Gasteiger charge is -2.18. The van der Waals surface area contributed by atoms with E-state index in [0.29, 0.717) is 19.3 Å². The average molecular weight is 1100 g/mol. The SMILES string of the molecule is CC/C=C\C/C=C\C/C=C\C/C=C\C/C=C\C/C=C\C/C=C\C/C=C\C/C=C\C/C=C\CCCCCCC(=O)OCC(COC(=O)CCCCCCC/C=C\CCC)OC(=O)CCCCCCCCC/C=C\C/C=C\CCCCC. The Labute approximate surface area is 492 Å². The van der Waals surface area contributed by atoms with E-state index < -0.39 is 6.10 Å². The second-order valence-electron chi connectivity index (χ2n) is 20.9. The molecule has 1 unspecified atom stereocenters. The van der Waals surface area contributed by atoms with Gasteiger partial charge in [-0.1, -0.05) is 262 Å². The molecule has 0 N–H and O–H groups in total. The van der Waals surface area contributed by atoms with Gasteiger partial charge in [-0.15, -0.1) is 0 Å². The molecular weight excluding hydrogens is 985 g/mol. The van der Waals surface area contributed by atoms with Crippen LogP contribution in [0.5, 0.6) is 0 Å². The standard InChI is InChI=1S/C74H118O6/c1-4-7-10-13-16-19-22-24-26-28-29-30-31-32-33-34-35-36-37-38-39-40-41-42-43-44-45-47-48-50-52-55-58-61-64-67-73(76)79-70-71(69-78-72(75)66-63-60-57-54-21-18-15-12-9-6-3)80-74(77)68-65-62-59-56-53-51-49-46-27-25-23-20-17-14-11-8-5-2/h7,10,12,15-17,19-20,24-27,29-30,32-33,35-36,38-39,41-42,44-45,48,50,71H,4-6,8-9,11,13-14,18,21-23,28,31,34,37,40,43,46-47,49,51-70H2,1-3H3/b10-7-,15-12-,19-16-,20-17-,26-24-,27-25-,30-29-,33-32-,36-35-,39-38-,42-41-,45-44-,50-48-. The summed E-state index contributed by atoms with van der Waals surface area (Å²) in [4.78, 5) is 38.2. The fraction of sp³-hybridized carbons (Fsp3) is 0.608. The number of ether oxygens (including phenoxy) is 3. The quantitative estimate of drug-likeness (QED) is 0.0261. The first-order valence-corrected chi connectivity index (χ1v) is 32.5. The van der Waals surface area contributed by atoms with Crippen molar-refractivity contribution in [3.63, 3.8) is 0 Å². The molecule has 0 heterocycles. The summed E-state index contributed by atoms with van der Waals surface area (Å²) in [6, 6.07) is 0. The lowest BCUT2D eigenvalue weighted by atomic mass is 10.1. The van der Waals surface area contributed by atoms with Gasteiger partial charge in [-0.25, -0.2) is 0 Å². The van der Waals surface area contributed by atoms with E-state index in [4.69, 9.17) is 14.2 Å². The highest BCUT2D eigenvalue weighted by Crippen LogP contribution is 2.14. The van der Waals surface area contributed by atoms with Crippen LogP contribution in [0.1, 0.15) is 271 Å². The highest BCUT2D eigenvalue weighted by Gasteiger charge is 2.19. The van der Waals surface area contributed by atoms with Crippen LogP contribution in [-0.2, 0) is 28.6 Å². The van der Waals surface area contributed by atoms with Crippen molar-refractivity contribution in [3.05, 3.63) is 158 Å². The number of rotatable bonds is 57. The van der Waals surface area contributed by atoms with E-state index in [1.165, 1.54) is 64.2 Å². The van der Waals surface area contributed by atoms with E-state index in [1.807, 2.05) is 0 Å². The Morgan fingerprint density at radius 1 is 0.263 bits per heavy atom. The molecule has 0 radical (unpaired) electrons. The minimum absolute atomic E-state index is 0.0988. The number of hydrogen-bond donors (Lipinski definition) is 0. The first-order valence-electron chi connectivity index (χ1n) is 32.5. The summed E-state index contributed by atoms with van der Waals surface area (Å²) in [5.74, 6) is -0.947. The van der Waals surface area contributed by atoms with Crippen LogP contribution in [0, 0.1) is 0 Å². The number of carbonyl (C=O) groups excluding carboxylic acids is 3. The molecule has 0 amide bonds. The molecule has 0 aromatic rings. The van der Waals surface area contributed by atoms with Gasteiger partial charge in [0.1, 0.15) is 13.2 Å². The summed E-state index contributed by atoms with van der Waals surface area (Å²) in [7, 11) is 0. The fourth-order valence-electron chi connectivity index (χ4n) is 8.38. The normalized spacial score (nSPS) is 13.2. The van der Waals surface area contributed by atoms with E-state index in [1.54, 1.807) is 0 Å². The number of unbranched alkanes of at least 4 members (excludes halogenated alkanes) is 20. The van der Waals surface area contributed by atoms with Crippen molar-refractivity contribution in [2.75, 3.05) is 13.2 Å². The Bertz CT molecular complexity index is 1790.